The molecule has 1 aliphatic carbocycles. The van der Waals surface area contributed by atoms with Crippen molar-refractivity contribution < 1.29 is 0 Å². The number of hydrogen-bond donors (Lipinski definition) is 1. The van der Waals surface area contributed by atoms with E-state index in [1.54, 1.807) is 0 Å². The molecule has 0 aliphatic heterocycles. The van der Waals surface area contributed by atoms with Gasteiger partial charge < -0.3 is 5.32 Å². The molecule has 2 aromatic rings. The van der Waals surface area contributed by atoms with E-state index in [0.717, 1.165) is 12.1 Å². The van der Waals surface area contributed by atoms with E-state index < -0.39 is 0 Å². The monoisotopic (exact) mass is 268 g/mol. The summed E-state index contributed by atoms with van der Waals surface area (Å²) in [5.41, 5.74) is 2.51. The molecule has 3 rings (SSSR count). The molecule has 0 spiro atoms. The van der Waals surface area contributed by atoms with Gasteiger partial charge in [0.05, 0.1) is 5.52 Å². The van der Waals surface area contributed by atoms with Crippen LogP contribution in [0.5, 0.6) is 0 Å². The zero-order valence-corrected chi connectivity index (χ0v) is 12.5. The van der Waals surface area contributed by atoms with Crippen LogP contribution in [0.15, 0.2) is 36.5 Å². The molecule has 1 N–H and O–H groups in total. The molecule has 3 atom stereocenters. The van der Waals surface area contributed by atoms with Gasteiger partial charge >= 0.3 is 0 Å². The highest BCUT2D eigenvalue weighted by Gasteiger charge is 2.33. The summed E-state index contributed by atoms with van der Waals surface area (Å²) in [7, 11) is 0. The van der Waals surface area contributed by atoms with Crippen molar-refractivity contribution in [2.24, 2.45) is 5.92 Å². The first-order valence-corrected chi connectivity index (χ1v) is 7.87. The van der Waals surface area contributed by atoms with Gasteiger partial charge in [-0.2, -0.15) is 0 Å². The zero-order valence-electron chi connectivity index (χ0n) is 12.5. The van der Waals surface area contributed by atoms with Gasteiger partial charge in [0.15, 0.2) is 0 Å². The summed E-state index contributed by atoms with van der Waals surface area (Å²) in [5.74, 6) is 1.35. The van der Waals surface area contributed by atoms with Crippen LogP contribution in [0.4, 0.5) is 0 Å². The number of para-hydroxylation sites is 1. The molecule has 1 fully saturated rings. The summed E-state index contributed by atoms with van der Waals surface area (Å²) >= 11 is 0. The third kappa shape index (κ3) is 2.57. The van der Waals surface area contributed by atoms with Crippen LogP contribution in [0, 0.1) is 5.92 Å². The Morgan fingerprint density at radius 1 is 1.25 bits per heavy atom. The normalized spacial score (nSPS) is 26.2. The third-order valence-corrected chi connectivity index (χ3v) is 4.75. The predicted molar refractivity (Wildman–Crippen MR) is 85.0 cm³/mol. The maximum Gasteiger partial charge on any atom is 0.0702 e. The summed E-state index contributed by atoms with van der Waals surface area (Å²) < 4.78 is 0. The number of fused-ring (bicyclic) bond motifs is 1. The lowest BCUT2D eigenvalue weighted by molar-refractivity contribution is 0.404. The fourth-order valence-corrected chi connectivity index (χ4v) is 3.54. The lowest BCUT2D eigenvalue weighted by atomic mass is 9.89. The van der Waals surface area contributed by atoms with Gasteiger partial charge in [0.2, 0.25) is 0 Å². The van der Waals surface area contributed by atoms with Crippen molar-refractivity contribution >= 4 is 10.9 Å². The first-order valence-electron chi connectivity index (χ1n) is 7.87. The van der Waals surface area contributed by atoms with E-state index >= 15 is 0 Å². The van der Waals surface area contributed by atoms with E-state index in [1.807, 2.05) is 0 Å². The van der Waals surface area contributed by atoms with Crippen LogP contribution < -0.4 is 5.32 Å². The Morgan fingerprint density at radius 2 is 2.10 bits per heavy atom. The minimum atomic E-state index is 0.654. The van der Waals surface area contributed by atoms with Crippen LogP contribution in [-0.2, 0) is 0 Å². The van der Waals surface area contributed by atoms with Crippen LogP contribution in [0.3, 0.4) is 0 Å². The molecule has 2 heteroatoms. The van der Waals surface area contributed by atoms with Crippen molar-refractivity contribution in [2.75, 3.05) is 6.54 Å². The molecule has 20 heavy (non-hydrogen) atoms. The Kier molecular flexibility index (Phi) is 4.02. The van der Waals surface area contributed by atoms with Gasteiger partial charge in [-0.1, -0.05) is 32.0 Å². The molecular formula is C18H24N2. The summed E-state index contributed by atoms with van der Waals surface area (Å²) in [6, 6.07) is 11.4. The minimum absolute atomic E-state index is 0.654. The van der Waals surface area contributed by atoms with Crippen molar-refractivity contribution in [3.8, 4) is 0 Å². The Hall–Kier alpha value is -1.41. The maximum atomic E-state index is 4.63. The number of benzene rings is 1. The Balaban J connectivity index is 1.81. The molecule has 2 nitrogen and oxygen atoms in total. The van der Waals surface area contributed by atoms with Gasteiger partial charge in [0.1, 0.15) is 0 Å². The molecule has 1 saturated carbocycles. The molecule has 1 heterocycles. The van der Waals surface area contributed by atoms with Crippen LogP contribution in [0.25, 0.3) is 10.9 Å². The zero-order chi connectivity index (χ0) is 13.9. The van der Waals surface area contributed by atoms with Crippen LogP contribution in [0.1, 0.15) is 44.6 Å². The number of rotatable bonds is 4. The fraction of sp³-hybridized carbons (Fsp3) is 0.500. The van der Waals surface area contributed by atoms with E-state index in [-0.39, 0.29) is 0 Å². The molecule has 1 aromatic carbocycles. The van der Waals surface area contributed by atoms with E-state index in [1.165, 1.54) is 30.2 Å². The highest BCUT2D eigenvalue weighted by atomic mass is 14.9. The van der Waals surface area contributed by atoms with E-state index in [2.05, 4.69) is 60.7 Å². The second-order valence-corrected chi connectivity index (χ2v) is 6.06. The Morgan fingerprint density at radius 3 is 2.95 bits per heavy atom. The average molecular weight is 268 g/mol. The average Bonchev–Trinajstić information content (AvgIpc) is 2.85. The lowest BCUT2D eigenvalue weighted by Crippen LogP contribution is -2.32. The van der Waals surface area contributed by atoms with Crippen molar-refractivity contribution in [3.63, 3.8) is 0 Å². The van der Waals surface area contributed by atoms with Crippen LogP contribution >= 0.6 is 0 Å². The standard InChI is InChI=1S/C18H24N2/c1-3-10-19-17-9-8-16(13(17)2)15-11-14-6-4-5-7-18(14)20-12-15/h4-7,11-13,16-17,19H,3,8-10H2,1-2H3. The Labute approximate surface area is 121 Å². The topological polar surface area (TPSA) is 24.9 Å². The molecule has 0 radical (unpaired) electrons. The Bertz CT molecular complexity index is 578. The van der Waals surface area contributed by atoms with Gasteiger partial charge in [-0.3, -0.25) is 4.98 Å². The molecule has 1 aromatic heterocycles. The second-order valence-electron chi connectivity index (χ2n) is 6.06. The molecule has 0 amide bonds. The van der Waals surface area contributed by atoms with Gasteiger partial charge in [0.25, 0.3) is 0 Å². The van der Waals surface area contributed by atoms with Crippen molar-refractivity contribution in [2.45, 2.75) is 45.1 Å². The SMILES string of the molecule is CCCNC1CCC(c2cnc3ccccc3c2)C1C. The number of nitrogens with zero attached hydrogens (tertiary/aromatic N) is 1. The van der Waals surface area contributed by atoms with Crippen molar-refractivity contribution in [3.05, 3.63) is 42.1 Å². The van der Waals surface area contributed by atoms with E-state index in [4.69, 9.17) is 0 Å². The number of pyridine rings is 1. The second kappa shape index (κ2) is 5.92. The third-order valence-electron chi connectivity index (χ3n) is 4.75. The number of aromatic nitrogens is 1. The van der Waals surface area contributed by atoms with Crippen LogP contribution in [0.2, 0.25) is 0 Å². The molecule has 0 saturated heterocycles. The molecule has 106 valence electrons. The maximum absolute atomic E-state index is 4.63. The fourth-order valence-electron chi connectivity index (χ4n) is 3.54. The summed E-state index contributed by atoms with van der Waals surface area (Å²) in [4.78, 5) is 4.63. The van der Waals surface area contributed by atoms with Gasteiger partial charge in [0, 0.05) is 17.6 Å². The summed E-state index contributed by atoms with van der Waals surface area (Å²) in [6.07, 6.45) is 5.87. The van der Waals surface area contributed by atoms with E-state index in [0.29, 0.717) is 17.9 Å². The molecule has 0 bridgehead atoms. The summed E-state index contributed by atoms with van der Waals surface area (Å²) in [6.45, 7) is 5.76. The first-order chi connectivity index (χ1) is 9.79. The molecule has 1 aliphatic rings. The summed E-state index contributed by atoms with van der Waals surface area (Å²) in [5, 5.41) is 4.96. The van der Waals surface area contributed by atoms with Crippen molar-refractivity contribution in [1.82, 2.24) is 10.3 Å². The highest BCUT2D eigenvalue weighted by molar-refractivity contribution is 5.78. The largest absolute Gasteiger partial charge is 0.314 e. The van der Waals surface area contributed by atoms with Crippen LogP contribution in [-0.4, -0.2) is 17.6 Å². The van der Waals surface area contributed by atoms with Crippen molar-refractivity contribution in [1.29, 1.82) is 0 Å². The lowest BCUT2D eigenvalue weighted by Gasteiger charge is -2.22. The quantitative estimate of drug-likeness (QED) is 0.902. The van der Waals surface area contributed by atoms with E-state index in [9.17, 15) is 0 Å². The molecule has 3 unspecified atom stereocenters. The number of nitrogens with one attached hydrogen (secondary N) is 1. The van der Waals surface area contributed by atoms with Gasteiger partial charge in [-0.15, -0.1) is 0 Å². The smallest absolute Gasteiger partial charge is 0.0702 e. The first kappa shape index (κ1) is 13.6. The van der Waals surface area contributed by atoms with Gasteiger partial charge in [-0.25, -0.2) is 0 Å². The minimum Gasteiger partial charge on any atom is -0.314 e. The number of hydrogen-bond acceptors (Lipinski definition) is 2. The van der Waals surface area contributed by atoms with Gasteiger partial charge in [-0.05, 0) is 55.3 Å². The predicted octanol–water partition coefficient (Wildman–Crippen LogP) is 4.12. The molecular weight excluding hydrogens is 244 g/mol. The highest BCUT2D eigenvalue weighted by Crippen LogP contribution is 2.39.